The van der Waals surface area contributed by atoms with Crippen molar-refractivity contribution in [3.8, 4) is 0 Å². The Balaban J connectivity index is 0.000000172. The summed E-state index contributed by atoms with van der Waals surface area (Å²) in [4.78, 5) is 120. The lowest BCUT2D eigenvalue weighted by molar-refractivity contribution is -0.139. The van der Waals surface area contributed by atoms with E-state index >= 15 is 0 Å². The van der Waals surface area contributed by atoms with Gasteiger partial charge in [-0.25, -0.2) is 14.4 Å². The molecule has 0 bridgehead atoms. The molecule has 438 valence electrons. The zero-order chi connectivity index (χ0) is 57.0. The summed E-state index contributed by atoms with van der Waals surface area (Å²) in [5.41, 5.74) is 0.197. The molecule has 3 saturated heterocycles. The van der Waals surface area contributed by atoms with Gasteiger partial charge in [-0.3, -0.25) is 43.5 Å². The Morgan fingerprint density at radius 1 is 0.481 bits per heavy atom. The number of ketones is 3. The summed E-state index contributed by atoms with van der Waals surface area (Å²) in [6.45, 7) is 11.1. The van der Waals surface area contributed by atoms with Crippen molar-refractivity contribution in [3.63, 3.8) is 0 Å². The van der Waals surface area contributed by atoms with Gasteiger partial charge in [-0.1, -0.05) is 207 Å². The minimum atomic E-state index is -0.723. The molecule has 0 aromatic heterocycles. The number of imide groups is 3. The molecular formula is C63H95ClN6O9. The van der Waals surface area contributed by atoms with Crippen LogP contribution in [-0.4, -0.2) is 104 Å². The monoisotopic (exact) mass is 1110 g/mol. The van der Waals surface area contributed by atoms with Gasteiger partial charge in [-0.2, -0.15) is 0 Å². The molecule has 1 aromatic rings. The molecule has 3 aliphatic heterocycles. The van der Waals surface area contributed by atoms with Gasteiger partial charge < -0.3 is 16.0 Å². The number of nitrogens with zero attached hydrogens (tertiary/aromatic N) is 3. The average Bonchev–Trinajstić information content (AvgIpc) is 4.31. The number of Topliss-reactive ketones (excluding diaryl/α,β-unsaturated/α-hetero) is 3. The van der Waals surface area contributed by atoms with Gasteiger partial charge in [0.25, 0.3) is 17.7 Å². The number of nitrogens with one attached hydrogen (secondary N) is 3. The molecule has 1 spiro atoms. The zero-order valence-corrected chi connectivity index (χ0v) is 49.4. The van der Waals surface area contributed by atoms with Crippen molar-refractivity contribution in [3.05, 3.63) is 34.9 Å². The minimum Gasteiger partial charge on any atom is -0.326 e. The third-order valence-corrected chi connectivity index (χ3v) is 19.1. The third-order valence-electron chi connectivity index (χ3n) is 18.9. The van der Waals surface area contributed by atoms with Crippen LogP contribution in [0.2, 0.25) is 5.02 Å². The van der Waals surface area contributed by atoms with Crippen LogP contribution in [0.5, 0.6) is 0 Å². The summed E-state index contributed by atoms with van der Waals surface area (Å²) < 4.78 is 0. The van der Waals surface area contributed by atoms with E-state index in [2.05, 4.69) is 16.0 Å². The maximum absolute atomic E-state index is 13.1. The van der Waals surface area contributed by atoms with E-state index in [1.807, 2.05) is 53.7 Å². The maximum atomic E-state index is 13.1. The van der Waals surface area contributed by atoms with Crippen LogP contribution in [-0.2, 0) is 35.2 Å². The molecule has 5 atom stereocenters. The predicted octanol–water partition coefficient (Wildman–Crippen LogP) is 12.2. The second kappa shape index (κ2) is 28.8. The molecule has 16 heteroatoms. The molecule has 3 heterocycles. The van der Waals surface area contributed by atoms with Crippen molar-refractivity contribution < 1.29 is 43.2 Å². The lowest BCUT2D eigenvalue weighted by atomic mass is 9.82. The van der Waals surface area contributed by atoms with Gasteiger partial charge in [0.1, 0.15) is 35.7 Å². The summed E-state index contributed by atoms with van der Waals surface area (Å²) in [5.74, 6) is 0.678. The van der Waals surface area contributed by atoms with Gasteiger partial charge in [0.2, 0.25) is 0 Å². The molecule has 0 unspecified atom stereocenters. The van der Waals surface area contributed by atoms with Gasteiger partial charge in [0.05, 0.1) is 0 Å². The van der Waals surface area contributed by atoms with Crippen LogP contribution in [0.3, 0.4) is 0 Å². The molecule has 15 nitrogen and oxygen atoms in total. The first kappa shape index (κ1) is 61.9. The van der Waals surface area contributed by atoms with Crippen molar-refractivity contribution >= 4 is 64.8 Å². The number of hydrogen-bond acceptors (Lipinski definition) is 9. The van der Waals surface area contributed by atoms with E-state index < -0.39 is 41.8 Å². The molecule has 79 heavy (non-hydrogen) atoms. The first-order chi connectivity index (χ1) is 37.8. The number of carbonyl (C=O) groups is 9. The number of benzene rings is 1. The first-order valence-electron chi connectivity index (χ1n) is 31.1. The SMILES string of the molecule is CC(C)C(=O)[C@H](CC1CCCCC1)N1C(=O)NC2(CCCC2)C1=O.CC(C)C(=O)[C@H](CC1CCCCC1)N1C(=O)N[C@@H](CC2CCCCC2)C1=O.CC(C)C(=O)[C@H](CC1CCCCC1)N1C(=O)N[C@@H](Cc2ccc(Cl)cc2)C1=O. The second-order valence-corrected chi connectivity index (χ2v) is 26.3. The molecular weight excluding hydrogens is 1020 g/mol. The summed E-state index contributed by atoms with van der Waals surface area (Å²) in [6.07, 6.45) is 29.8. The van der Waals surface area contributed by atoms with E-state index in [-0.39, 0.29) is 64.9 Å². The molecule has 9 rings (SSSR count). The normalized spacial score (nSPS) is 24.6. The van der Waals surface area contributed by atoms with E-state index in [4.69, 9.17) is 11.6 Å². The number of hydrogen-bond donors (Lipinski definition) is 3. The molecule has 1 aromatic carbocycles. The molecule has 3 N–H and O–H groups in total. The fourth-order valence-corrected chi connectivity index (χ4v) is 14.4. The van der Waals surface area contributed by atoms with E-state index in [0.29, 0.717) is 67.2 Å². The fraction of sp³-hybridized carbons (Fsp3) is 0.762. The van der Waals surface area contributed by atoms with Crippen LogP contribution < -0.4 is 16.0 Å². The summed E-state index contributed by atoms with van der Waals surface area (Å²) in [7, 11) is 0. The second-order valence-electron chi connectivity index (χ2n) is 25.8. The molecule has 8 aliphatic rings. The zero-order valence-electron chi connectivity index (χ0n) is 48.6. The smallest absolute Gasteiger partial charge is 0.325 e. The molecule has 9 amide bonds. The topological polar surface area (TPSA) is 199 Å². The Morgan fingerprint density at radius 3 is 1.23 bits per heavy atom. The highest BCUT2D eigenvalue weighted by Gasteiger charge is 2.56. The highest BCUT2D eigenvalue weighted by atomic mass is 35.5. The van der Waals surface area contributed by atoms with Crippen LogP contribution in [0.1, 0.15) is 227 Å². The predicted molar refractivity (Wildman–Crippen MR) is 306 cm³/mol. The number of carbonyl (C=O) groups excluding carboxylic acids is 9. The summed E-state index contributed by atoms with van der Waals surface area (Å²) >= 11 is 5.92. The fourth-order valence-electron chi connectivity index (χ4n) is 14.3. The highest BCUT2D eigenvalue weighted by Crippen LogP contribution is 2.39. The Morgan fingerprint density at radius 2 is 0.835 bits per heavy atom. The van der Waals surface area contributed by atoms with Crippen molar-refractivity contribution in [1.82, 2.24) is 30.7 Å². The molecule has 5 saturated carbocycles. The lowest BCUT2D eigenvalue weighted by Crippen LogP contribution is -2.49. The minimum absolute atomic E-state index is 0.0267. The standard InChI is InChI=1S/C22H29ClN2O3.C22H36N2O3.C19H30N2O3/c1-14(2)20(26)19(13-15-6-4-3-5-7-15)25-21(27)18(24-22(25)28)12-16-8-10-17(23)11-9-16;1-15(2)20(25)19(14-17-11-7-4-8-12-17)24-21(26)18(23-22(24)27)13-16-9-5-3-6-10-16;1-13(2)16(22)15(12-14-8-4-3-5-9-14)21-17(23)19(20-18(21)24)10-6-7-11-19/h8-11,14-15,18-19H,3-7,12-13H2,1-2H3,(H,24,28);15-19H,3-14H2,1-2H3,(H,23,27);13-15H,3-12H2,1-2H3,(H,20,24)/t2*18-,19-;15-/m000/s1. The van der Waals surface area contributed by atoms with Crippen molar-refractivity contribution in [2.45, 2.75) is 263 Å². The Kier molecular flexibility index (Phi) is 22.6. The van der Waals surface area contributed by atoms with E-state index in [1.165, 1.54) is 78.9 Å². The number of urea groups is 3. The average molecular weight is 1120 g/mol. The number of amides is 9. The number of rotatable bonds is 19. The summed E-state index contributed by atoms with van der Waals surface area (Å²) in [5, 5.41) is 9.23. The van der Waals surface area contributed by atoms with Crippen LogP contribution in [0.15, 0.2) is 24.3 Å². The van der Waals surface area contributed by atoms with Crippen LogP contribution in [0.4, 0.5) is 14.4 Å². The van der Waals surface area contributed by atoms with Crippen molar-refractivity contribution in [1.29, 1.82) is 0 Å². The number of halogens is 1. The quantitative estimate of drug-likeness (QED) is 0.113. The van der Waals surface area contributed by atoms with Gasteiger partial charge in [0.15, 0.2) is 17.3 Å². The maximum Gasteiger partial charge on any atom is 0.325 e. The van der Waals surface area contributed by atoms with Crippen LogP contribution >= 0.6 is 11.6 Å². The largest absolute Gasteiger partial charge is 0.326 e. The Labute approximate surface area is 476 Å². The summed E-state index contributed by atoms with van der Waals surface area (Å²) in [6, 6.07) is 3.19. The Hall–Kier alpha value is -4.66. The molecule has 0 radical (unpaired) electrons. The Bertz CT molecular complexity index is 2290. The van der Waals surface area contributed by atoms with E-state index in [1.54, 1.807) is 12.1 Å². The van der Waals surface area contributed by atoms with Gasteiger partial charge in [-0.15, -0.1) is 0 Å². The van der Waals surface area contributed by atoms with Crippen molar-refractivity contribution in [2.75, 3.05) is 0 Å². The van der Waals surface area contributed by atoms with Crippen LogP contribution in [0.25, 0.3) is 0 Å². The first-order valence-corrected chi connectivity index (χ1v) is 31.4. The highest BCUT2D eigenvalue weighted by molar-refractivity contribution is 6.30. The van der Waals surface area contributed by atoms with Gasteiger partial charge in [0, 0.05) is 29.2 Å². The van der Waals surface area contributed by atoms with Crippen LogP contribution in [0, 0.1) is 41.4 Å². The third kappa shape index (κ3) is 15.9. The van der Waals surface area contributed by atoms with Gasteiger partial charge in [-0.05, 0) is 79.9 Å². The van der Waals surface area contributed by atoms with E-state index in [0.717, 1.165) is 89.0 Å². The van der Waals surface area contributed by atoms with Gasteiger partial charge >= 0.3 is 18.1 Å². The lowest BCUT2D eigenvalue weighted by Gasteiger charge is -2.31. The molecule has 8 fully saturated rings. The van der Waals surface area contributed by atoms with E-state index in [9.17, 15) is 43.2 Å². The van der Waals surface area contributed by atoms with Crippen molar-refractivity contribution in [2.24, 2.45) is 41.4 Å². The molecule has 5 aliphatic carbocycles.